The molecule has 0 aliphatic heterocycles. The molecule has 0 radical (unpaired) electrons. The summed E-state index contributed by atoms with van der Waals surface area (Å²) < 4.78 is 13.0. The summed E-state index contributed by atoms with van der Waals surface area (Å²) in [6.07, 6.45) is 2.89. The van der Waals surface area contributed by atoms with Crippen LogP contribution in [-0.4, -0.2) is 5.91 Å². The van der Waals surface area contributed by atoms with E-state index in [1.54, 1.807) is 30.3 Å². The highest BCUT2D eigenvalue weighted by Gasteiger charge is 2.00. The summed E-state index contributed by atoms with van der Waals surface area (Å²) in [7, 11) is 0. The molecular formula is C15H12ClFN2O. The fourth-order valence-electron chi connectivity index (χ4n) is 1.59. The average Bonchev–Trinajstić information content (AvgIpc) is 2.40. The quantitative estimate of drug-likeness (QED) is 0.669. The van der Waals surface area contributed by atoms with Crippen LogP contribution in [0, 0.1) is 5.82 Å². The van der Waals surface area contributed by atoms with Gasteiger partial charge in [0.15, 0.2) is 0 Å². The molecule has 3 nitrogen and oxygen atoms in total. The second kappa shape index (κ2) is 6.21. The first-order valence-electron chi connectivity index (χ1n) is 5.84. The van der Waals surface area contributed by atoms with Gasteiger partial charge in [0.05, 0.1) is 5.69 Å². The van der Waals surface area contributed by atoms with Crippen LogP contribution in [0.3, 0.4) is 0 Å². The molecule has 2 aromatic carbocycles. The fourth-order valence-corrected chi connectivity index (χ4v) is 1.78. The van der Waals surface area contributed by atoms with E-state index in [1.165, 1.54) is 24.3 Å². The number of anilines is 2. The highest BCUT2D eigenvalue weighted by molar-refractivity contribution is 6.30. The van der Waals surface area contributed by atoms with Gasteiger partial charge in [-0.1, -0.05) is 23.7 Å². The molecule has 20 heavy (non-hydrogen) atoms. The molecule has 0 aliphatic carbocycles. The van der Waals surface area contributed by atoms with E-state index < -0.39 is 5.82 Å². The first kappa shape index (κ1) is 14.1. The van der Waals surface area contributed by atoms with E-state index in [4.69, 9.17) is 17.3 Å². The van der Waals surface area contributed by atoms with Crippen LogP contribution in [0.2, 0.25) is 5.02 Å². The Hall–Kier alpha value is -2.33. The summed E-state index contributed by atoms with van der Waals surface area (Å²) >= 11 is 5.81. The Balaban J connectivity index is 2.03. The predicted octanol–water partition coefficient (Wildman–Crippen LogP) is 3.71. The fraction of sp³-hybridized carbons (Fsp3) is 0. The van der Waals surface area contributed by atoms with Crippen molar-refractivity contribution in [2.45, 2.75) is 0 Å². The number of halogens is 2. The normalized spacial score (nSPS) is 10.7. The van der Waals surface area contributed by atoms with Crippen LogP contribution in [0.25, 0.3) is 6.08 Å². The van der Waals surface area contributed by atoms with Gasteiger partial charge in [-0.3, -0.25) is 4.79 Å². The number of nitrogens with two attached hydrogens (primary N) is 1. The maximum atomic E-state index is 13.0. The Morgan fingerprint density at radius 2 is 2.05 bits per heavy atom. The SMILES string of the molecule is Nc1cc(/C=C/C(=O)Nc2cccc(Cl)c2)ccc1F. The summed E-state index contributed by atoms with van der Waals surface area (Å²) in [5, 5.41) is 3.20. The minimum atomic E-state index is -0.481. The number of nitrogens with one attached hydrogen (secondary N) is 1. The molecule has 1 amide bonds. The Morgan fingerprint density at radius 1 is 1.25 bits per heavy atom. The monoisotopic (exact) mass is 290 g/mol. The third-order valence-electron chi connectivity index (χ3n) is 2.54. The zero-order valence-electron chi connectivity index (χ0n) is 10.4. The van der Waals surface area contributed by atoms with Crippen LogP contribution >= 0.6 is 11.6 Å². The molecule has 0 aliphatic rings. The zero-order chi connectivity index (χ0) is 14.5. The molecular weight excluding hydrogens is 279 g/mol. The van der Waals surface area contributed by atoms with Gasteiger partial charge in [-0.2, -0.15) is 0 Å². The lowest BCUT2D eigenvalue weighted by Gasteiger charge is -2.02. The number of hydrogen-bond donors (Lipinski definition) is 2. The molecule has 0 atom stereocenters. The van der Waals surface area contributed by atoms with Crippen LogP contribution < -0.4 is 11.1 Å². The minimum absolute atomic E-state index is 0.0439. The van der Waals surface area contributed by atoms with E-state index in [1.807, 2.05) is 0 Å². The van der Waals surface area contributed by atoms with Gasteiger partial charge in [-0.05, 0) is 42.0 Å². The van der Waals surface area contributed by atoms with E-state index in [-0.39, 0.29) is 11.6 Å². The summed E-state index contributed by atoms with van der Waals surface area (Å²) in [6.45, 7) is 0. The van der Waals surface area contributed by atoms with E-state index >= 15 is 0 Å². The van der Waals surface area contributed by atoms with Crippen molar-refractivity contribution in [3.8, 4) is 0 Å². The molecule has 0 saturated heterocycles. The summed E-state index contributed by atoms with van der Waals surface area (Å²) in [4.78, 5) is 11.7. The minimum Gasteiger partial charge on any atom is -0.396 e. The lowest BCUT2D eigenvalue weighted by Crippen LogP contribution is -2.07. The third-order valence-corrected chi connectivity index (χ3v) is 2.77. The molecule has 0 fully saturated rings. The standard InChI is InChI=1S/C15H12ClFN2O/c16-11-2-1-3-12(9-11)19-15(20)7-5-10-4-6-13(17)14(18)8-10/h1-9H,18H2,(H,19,20)/b7-5+. The lowest BCUT2D eigenvalue weighted by molar-refractivity contribution is -0.111. The molecule has 0 aromatic heterocycles. The van der Waals surface area contributed by atoms with E-state index in [2.05, 4.69) is 5.32 Å². The second-order valence-electron chi connectivity index (χ2n) is 4.11. The number of nitrogen functional groups attached to an aromatic ring is 1. The maximum Gasteiger partial charge on any atom is 0.248 e. The number of carbonyl (C=O) groups is 1. The molecule has 2 rings (SSSR count). The van der Waals surface area contributed by atoms with Gasteiger partial charge in [-0.25, -0.2) is 4.39 Å². The summed E-state index contributed by atoms with van der Waals surface area (Å²) in [5.41, 5.74) is 6.73. The Morgan fingerprint density at radius 3 is 2.75 bits per heavy atom. The highest BCUT2D eigenvalue weighted by Crippen LogP contribution is 2.16. The number of amides is 1. The summed E-state index contributed by atoms with van der Waals surface area (Å²) in [5.74, 6) is -0.791. The van der Waals surface area contributed by atoms with Crippen molar-refractivity contribution in [3.63, 3.8) is 0 Å². The molecule has 0 bridgehead atoms. The molecule has 0 spiro atoms. The predicted molar refractivity (Wildman–Crippen MR) is 79.9 cm³/mol. The van der Waals surface area contributed by atoms with Gasteiger partial charge in [0.2, 0.25) is 5.91 Å². The van der Waals surface area contributed by atoms with Gasteiger partial charge < -0.3 is 11.1 Å². The molecule has 102 valence electrons. The van der Waals surface area contributed by atoms with Crippen molar-refractivity contribution in [2.24, 2.45) is 0 Å². The van der Waals surface area contributed by atoms with E-state index in [0.717, 1.165) is 0 Å². The summed E-state index contributed by atoms with van der Waals surface area (Å²) in [6, 6.07) is 11.1. The number of carbonyl (C=O) groups excluding carboxylic acids is 1. The van der Waals surface area contributed by atoms with Crippen LogP contribution in [0.15, 0.2) is 48.5 Å². The van der Waals surface area contributed by atoms with Gasteiger partial charge in [0.25, 0.3) is 0 Å². The largest absolute Gasteiger partial charge is 0.396 e. The van der Waals surface area contributed by atoms with Crippen molar-refractivity contribution >= 4 is 35.0 Å². The Bertz CT molecular complexity index is 671. The molecule has 2 aromatic rings. The van der Waals surface area contributed by atoms with Crippen LogP contribution in [0.1, 0.15) is 5.56 Å². The smallest absolute Gasteiger partial charge is 0.248 e. The third kappa shape index (κ3) is 3.83. The molecule has 0 saturated carbocycles. The number of rotatable bonds is 3. The van der Waals surface area contributed by atoms with Crippen LogP contribution in [0.5, 0.6) is 0 Å². The van der Waals surface area contributed by atoms with Crippen molar-refractivity contribution in [2.75, 3.05) is 11.1 Å². The lowest BCUT2D eigenvalue weighted by atomic mass is 10.2. The van der Waals surface area contributed by atoms with Gasteiger partial charge >= 0.3 is 0 Å². The topological polar surface area (TPSA) is 55.1 Å². The van der Waals surface area contributed by atoms with Gasteiger partial charge in [-0.15, -0.1) is 0 Å². The molecule has 5 heteroatoms. The molecule has 0 unspecified atom stereocenters. The first-order valence-corrected chi connectivity index (χ1v) is 6.22. The molecule has 3 N–H and O–H groups in total. The Kier molecular flexibility index (Phi) is 4.38. The van der Waals surface area contributed by atoms with Gasteiger partial charge in [0.1, 0.15) is 5.82 Å². The van der Waals surface area contributed by atoms with Gasteiger partial charge in [0, 0.05) is 16.8 Å². The molecule has 0 heterocycles. The van der Waals surface area contributed by atoms with Crippen molar-refractivity contribution in [1.82, 2.24) is 0 Å². The van der Waals surface area contributed by atoms with Crippen molar-refractivity contribution < 1.29 is 9.18 Å². The van der Waals surface area contributed by atoms with Crippen molar-refractivity contribution in [1.29, 1.82) is 0 Å². The van der Waals surface area contributed by atoms with Crippen LogP contribution in [-0.2, 0) is 4.79 Å². The van der Waals surface area contributed by atoms with E-state index in [9.17, 15) is 9.18 Å². The van der Waals surface area contributed by atoms with E-state index in [0.29, 0.717) is 16.3 Å². The van der Waals surface area contributed by atoms with Crippen molar-refractivity contribution in [3.05, 3.63) is 64.9 Å². The number of benzene rings is 2. The number of hydrogen-bond acceptors (Lipinski definition) is 2. The zero-order valence-corrected chi connectivity index (χ0v) is 11.2. The first-order chi connectivity index (χ1) is 9.54. The average molecular weight is 291 g/mol. The maximum absolute atomic E-state index is 13.0. The second-order valence-corrected chi connectivity index (χ2v) is 4.55. The highest BCUT2D eigenvalue weighted by atomic mass is 35.5. The Labute approximate surface area is 120 Å². The van der Waals surface area contributed by atoms with Crippen LogP contribution in [0.4, 0.5) is 15.8 Å².